The van der Waals surface area contributed by atoms with Gasteiger partial charge in [0.25, 0.3) is 0 Å². The second-order valence-electron chi connectivity index (χ2n) is 2.96. The van der Waals surface area contributed by atoms with Gasteiger partial charge < -0.3 is 15.5 Å². The molecule has 0 unspecified atom stereocenters. The number of hydrogen-bond donors (Lipinski definition) is 3. The molecule has 0 bridgehead atoms. The molecule has 6 heteroatoms. The molecule has 0 atom stereocenters. The van der Waals surface area contributed by atoms with Crippen LogP contribution in [0.25, 0.3) is 0 Å². The van der Waals surface area contributed by atoms with E-state index in [0.29, 0.717) is 5.69 Å². The van der Waals surface area contributed by atoms with Crippen LogP contribution in [0.4, 0.5) is 5.69 Å². The van der Waals surface area contributed by atoms with Gasteiger partial charge in [0.15, 0.2) is 0 Å². The molecule has 1 rings (SSSR count). The number of nitrogens with zero attached hydrogens (tertiary/aromatic N) is 2. The molecule has 0 amide bonds. The molecular weight excluding hydrogens is 222 g/mol. The standard InChI is InChI=1S/C11H7N3O3/c12-4-7(5-13)6-14-8-1-2-9(11(16)17)10(15)3-8/h1-3,6,14-15H,(H,16,17). The number of nitrogens with one attached hydrogen (secondary N) is 1. The van der Waals surface area contributed by atoms with Crippen molar-refractivity contribution in [3.8, 4) is 17.9 Å². The normalized spacial score (nSPS) is 8.59. The maximum Gasteiger partial charge on any atom is 0.339 e. The second kappa shape index (κ2) is 5.19. The number of aromatic carboxylic acids is 1. The number of carboxylic acids is 1. The van der Waals surface area contributed by atoms with Gasteiger partial charge >= 0.3 is 5.97 Å². The van der Waals surface area contributed by atoms with E-state index in [1.165, 1.54) is 18.2 Å². The summed E-state index contributed by atoms with van der Waals surface area (Å²) in [6.45, 7) is 0. The molecule has 0 saturated heterocycles. The summed E-state index contributed by atoms with van der Waals surface area (Å²) in [4.78, 5) is 10.6. The number of carbonyl (C=O) groups is 1. The molecule has 6 nitrogen and oxygen atoms in total. The Kier molecular flexibility index (Phi) is 3.69. The van der Waals surface area contributed by atoms with Crippen molar-refractivity contribution in [3.05, 3.63) is 35.5 Å². The molecule has 0 spiro atoms. The van der Waals surface area contributed by atoms with Gasteiger partial charge in [0, 0.05) is 18.0 Å². The summed E-state index contributed by atoms with van der Waals surface area (Å²) in [6, 6.07) is 7.10. The molecule has 1 aromatic carbocycles. The zero-order chi connectivity index (χ0) is 12.8. The topological polar surface area (TPSA) is 117 Å². The van der Waals surface area contributed by atoms with Crippen molar-refractivity contribution in [1.82, 2.24) is 0 Å². The number of hydrogen-bond acceptors (Lipinski definition) is 5. The van der Waals surface area contributed by atoms with Gasteiger partial charge in [0.1, 0.15) is 29.0 Å². The molecule has 0 fully saturated rings. The molecular formula is C11H7N3O3. The molecule has 1 aromatic rings. The van der Waals surface area contributed by atoms with Crippen molar-refractivity contribution in [2.45, 2.75) is 0 Å². The monoisotopic (exact) mass is 229 g/mol. The third-order valence-corrected chi connectivity index (χ3v) is 1.85. The van der Waals surface area contributed by atoms with Gasteiger partial charge in [-0.05, 0) is 12.1 Å². The molecule has 17 heavy (non-hydrogen) atoms. The number of benzene rings is 1. The fraction of sp³-hybridized carbons (Fsp3) is 0. The molecule has 0 aliphatic heterocycles. The van der Waals surface area contributed by atoms with Crippen molar-refractivity contribution in [1.29, 1.82) is 10.5 Å². The highest BCUT2D eigenvalue weighted by atomic mass is 16.4. The maximum absolute atomic E-state index is 10.6. The Labute approximate surface area is 96.7 Å². The Morgan fingerprint density at radius 2 is 2.00 bits per heavy atom. The van der Waals surface area contributed by atoms with Gasteiger partial charge in [0.2, 0.25) is 0 Å². The highest BCUT2D eigenvalue weighted by Gasteiger charge is 2.08. The van der Waals surface area contributed by atoms with Crippen LogP contribution in [0, 0.1) is 22.7 Å². The Hall–Kier alpha value is -2.99. The fourth-order valence-electron chi connectivity index (χ4n) is 1.05. The summed E-state index contributed by atoms with van der Waals surface area (Å²) in [5.74, 6) is -1.63. The van der Waals surface area contributed by atoms with Gasteiger partial charge in [-0.2, -0.15) is 10.5 Å². The Morgan fingerprint density at radius 3 is 2.47 bits per heavy atom. The molecule has 0 aromatic heterocycles. The van der Waals surface area contributed by atoms with Crippen LogP contribution in [0.15, 0.2) is 30.0 Å². The lowest BCUT2D eigenvalue weighted by molar-refractivity contribution is 0.0694. The summed E-state index contributed by atoms with van der Waals surface area (Å²) in [6.07, 6.45) is 1.16. The van der Waals surface area contributed by atoms with Crippen LogP contribution in [-0.2, 0) is 0 Å². The van der Waals surface area contributed by atoms with Crippen LogP contribution in [0.5, 0.6) is 5.75 Å². The summed E-state index contributed by atoms with van der Waals surface area (Å²) in [5, 5.41) is 37.6. The maximum atomic E-state index is 10.6. The van der Waals surface area contributed by atoms with E-state index < -0.39 is 11.7 Å². The lowest BCUT2D eigenvalue weighted by Crippen LogP contribution is -1.97. The predicted molar refractivity (Wildman–Crippen MR) is 58.0 cm³/mol. The van der Waals surface area contributed by atoms with Crippen molar-refractivity contribution >= 4 is 11.7 Å². The van der Waals surface area contributed by atoms with Crippen LogP contribution in [0.3, 0.4) is 0 Å². The van der Waals surface area contributed by atoms with Crippen LogP contribution < -0.4 is 5.32 Å². The van der Waals surface area contributed by atoms with Gasteiger partial charge in [-0.3, -0.25) is 0 Å². The molecule has 84 valence electrons. The molecule has 0 radical (unpaired) electrons. The Bertz CT molecular complexity index is 548. The average molecular weight is 229 g/mol. The number of phenols is 1. The average Bonchev–Trinajstić information content (AvgIpc) is 2.30. The highest BCUT2D eigenvalue weighted by molar-refractivity contribution is 5.91. The zero-order valence-electron chi connectivity index (χ0n) is 8.51. The number of carboxylic acid groups (broad SMARTS) is 1. The largest absolute Gasteiger partial charge is 0.507 e. The van der Waals surface area contributed by atoms with Crippen molar-refractivity contribution in [2.24, 2.45) is 0 Å². The van der Waals surface area contributed by atoms with E-state index >= 15 is 0 Å². The smallest absolute Gasteiger partial charge is 0.339 e. The summed E-state index contributed by atoms with van der Waals surface area (Å²) >= 11 is 0. The van der Waals surface area contributed by atoms with Gasteiger partial charge in [-0.15, -0.1) is 0 Å². The first-order chi connectivity index (χ1) is 8.08. The summed E-state index contributed by atoms with van der Waals surface area (Å²) in [5.41, 5.74) is 0.0163. The molecule has 0 saturated carbocycles. The minimum atomic E-state index is -1.24. The van der Waals surface area contributed by atoms with Gasteiger partial charge in [0.05, 0.1) is 0 Å². The number of allylic oxidation sites excluding steroid dienone is 1. The van der Waals surface area contributed by atoms with Crippen LogP contribution in [0.2, 0.25) is 0 Å². The van der Waals surface area contributed by atoms with Gasteiger partial charge in [-0.1, -0.05) is 0 Å². The first kappa shape index (κ1) is 12.1. The number of aromatic hydroxyl groups is 1. The lowest BCUT2D eigenvalue weighted by atomic mass is 10.2. The Balaban J connectivity index is 2.94. The quantitative estimate of drug-likeness (QED) is 0.675. The molecule has 0 heterocycles. The number of nitriles is 2. The highest BCUT2D eigenvalue weighted by Crippen LogP contribution is 2.21. The van der Waals surface area contributed by atoms with Crippen LogP contribution in [0.1, 0.15) is 10.4 Å². The van der Waals surface area contributed by atoms with E-state index in [4.69, 9.17) is 15.6 Å². The van der Waals surface area contributed by atoms with Crippen molar-refractivity contribution < 1.29 is 15.0 Å². The molecule has 0 aliphatic rings. The molecule has 0 aliphatic carbocycles. The molecule has 3 N–H and O–H groups in total. The van der Waals surface area contributed by atoms with E-state index in [1.54, 1.807) is 12.1 Å². The van der Waals surface area contributed by atoms with E-state index in [0.717, 1.165) is 6.20 Å². The first-order valence-electron chi connectivity index (χ1n) is 4.41. The third kappa shape index (κ3) is 2.98. The van der Waals surface area contributed by atoms with E-state index in [-0.39, 0.29) is 11.1 Å². The fourth-order valence-corrected chi connectivity index (χ4v) is 1.05. The third-order valence-electron chi connectivity index (χ3n) is 1.85. The first-order valence-corrected chi connectivity index (χ1v) is 4.41. The van der Waals surface area contributed by atoms with Crippen molar-refractivity contribution in [3.63, 3.8) is 0 Å². The minimum Gasteiger partial charge on any atom is -0.507 e. The Morgan fingerprint density at radius 1 is 1.35 bits per heavy atom. The van der Waals surface area contributed by atoms with E-state index in [1.807, 2.05) is 0 Å². The lowest BCUT2D eigenvalue weighted by Gasteiger charge is -2.03. The second-order valence-corrected chi connectivity index (χ2v) is 2.96. The van der Waals surface area contributed by atoms with E-state index in [9.17, 15) is 9.90 Å². The summed E-state index contributed by atoms with van der Waals surface area (Å²) < 4.78 is 0. The van der Waals surface area contributed by atoms with E-state index in [2.05, 4.69) is 5.32 Å². The summed E-state index contributed by atoms with van der Waals surface area (Å²) in [7, 11) is 0. The zero-order valence-corrected chi connectivity index (χ0v) is 8.51. The van der Waals surface area contributed by atoms with Crippen molar-refractivity contribution in [2.75, 3.05) is 5.32 Å². The predicted octanol–water partition coefficient (Wildman–Crippen LogP) is 1.43. The van der Waals surface area contributed by atoms with Crippen LogP contribution in [-0.4, -0.2) is 16.2 Å². The minimum absolute atomic E-state index is 0.133. The number of rotatable bonds is 3. The van der Waals surface area contributed by atoms with Gasteiger partial charge in [-0.25, -0.2) is 4.79 Å². The number of anilines is 1. The SMILES string of the molecule is N#CC(C#N)=CNc1ccc(C(=O)O)c(O)c1. The van der Waals surface area contributed by atoms with Crippen LogP contribution >= 0.6 is 0 Å².